The number of hydrogen-bond donors (Lipinski definition) is 1. The molecule has 1 N–H and O–H groups in total. The Morgan fingerprint density at radius 1 is 0.909 bits per heavy atom. The van der Waals surface area contributed by atoms with Gasteiger partial charge in [0.15, 0.2) is 0 Å². The summed E-state index contributed by atoms with van der Waals surface area (Å²) in [6.07, 6.45) is 3.35. The number of likely N-dealkylation sites (tertiary alicyclic amines) is 1. The average Bonchev–Trinajstić information content (AvgIpc) is 3.60. The summed E-state index contributed by atoms with van der Waals surface area (Å²) in [5.74, 6) is -0.255. The van der Waals surface area contributed by atoms with Crippen molar-refractivity contribution in [1.29, 1.82) is 0 Å². The van der Waals surface area contributed by atoms with Crippen LogP contribution in [0.4, 0.5) is 5.69 Å². The van der Waals surface area contributed by atoms with Crippen LogP contribution in [0.15, 0.2) is 97.1 Å². The maximum absolute atomic E-state index is 14.2. The van der Waals surface area contributed by atoms with Crippen molar-refractivity contribution in [3.8, 4) is 11.1 Å². The van der Waals surface area contributed by atoms with E-state index in [4.69, 9.17) is 11.6 Å². The molecule has 0 radical (unpaired) electrons. The summed E-state index contributed by atoms with van der Waals surface area (Å²) in [6, 6.07) is 32.4. The summed E-state index contributed by atoms with van der Waals surface area (Å²) in [5, 5.41) is 5.84. The highest BCUT2D eigenvalue weighted by molar-refractivity contribution is 6.35. The average molecular weight is 603 g/mol. The van der Waals surface area contributed by atoms with Crippen molar-refractivity contribution in [3.05, 3.63) is 125 Å². The molecule has 1 aromatic heterocycles. The first-order valence-electron chi connectivity index (χ1n) is 15.3. The van der Waals surface area contributed by atoms with E-state index in [0.717, 1.165) is 51.8 Å². The first-order chi connectivity index (χ1) is 21.5. The van der Waals surface area contributed by atoms with Gasteiger partial charge in [-0.1, -0.05) is 78.3 Å². The lowest BCUT2D eigenvalue weighted by Gasteiger charge is -2.23. The molecule has 3 heterocycles. The van der Waals surface area contributed by atoms with Crippen LogP contribution in [-0.4, -0.2) is 47.5 Å². The van der Waals surface area contributed by atoms with Gasteiger partial charge < -0.3 is 19.7 Å². The molecule has 5 aromatic rings. The van der Waals surface area contributed by atoms with Crippen molar-refractivity contribution in [3.63, 3.8) is 0 Å². The topological polar surface area (TPSA) is 57.6 Å². The second kappa shape index (κ2) is 11.9. The lowest BCUT2D eigenvalue weighted by molar-refractivity contribution is 0.0940. The molecule has 4 aromatic carbocycles. The summed E-state index contributed by atoms with van der Waals surface area (Å²) in [6.45, 7) is 2.60. The number of nitrogens with one attached hydrogen (secondary N) is 1. The molecule has 1 unspecified atom stereocenters. The number of aromatic nitrogens is 1. The fourth-order valence-electron chi connectivity index (χ4n) is 6.80. The Bertz CT molecular complexity index is 1870. The van der Waals surface area contributed by atoms with Crippen molar-refractivity contribution >= 4 is 39.9 Å². The number of fused-ring (bicyclic) bond motifs is 3. The minimum atomic E-state index is -0.173. The Kier molecular flexibility index (Phi) is 7.71. The van der Waals surface area contributed by atoms with Gasteiger partial charge in [0.05, 0.1) is 23.7 Å². The number of benzene rings is 4. The number of amides is 2. The summed E-state index contributed by atoms with van der Waals surface area (Å²) < 4.78 is 2.04. The van der Waals surface area contributed by atoms with Crippen molar-refractivity contribution in [2.45, 2.75) is 38.4 Å². The monoisotopic (exact) mass is 602 g/mol. The van der Waals surface area contributed by atoms with Crippen LogP contribution in [0.2, 0.25) is 5.02 Å². The van der Waals surface area contributed by atoms with E-state index >= 15 is 0 Å². The minimum absolute atomic E-state index is 0.0822. The quantitative estimate of drug-likeness (QED) is 0.221. The summed E-state index contributed by atoms with van der Waals surface area (Å²) in [7, 11) is 2.16. The molecule has 0 aliphatic carbocycles. The van der Waals surface area contributed by atoms with E-state index in [1.165, 1.54) is 12.8 Å². The number of anilines is 1. The normalized spacial score (nSPS) is 16.4. The lowest BCUT2D eigenvalue weighted by atomic mass is 9.97. The van der Waals surface area contributed by atoms with Gasteiger partial charge >= 0.3 is 0 Å². The van der Waals surface area contributed by atoms with E-state index in [2.05, 4.69) is 41.5 Å². The Hall–Kier alpha value is -4.39. The highest BCUT2D eigenvalue weighted by Crippen LogP contribution is 2.35. The number of carbonyl (C=O) groups is 2. The van der Waals surface area contributed by atoms with Crippen molar-refractivity contribution < 1.29 is 9.59 Å². The standard InChI is InChI=1S/C37H35ClN4O2/c1-40-21-7-11-28(40)19-20-39-36(43)35-18-16-29-24-42(34-14-5-3-9-27(34)23-41(29)35)37(44)32-17-15-26(22-33(32)38)31-13-6-10-25-8-2-4-12-30(25)31/h2-6,8-10,12-18,22,28H,7,11,19-21,23-24H2,1H3,(H,39,43). The Labute approximate surface area is 262 Å². The maximum Gasteiger partial charge on any atom is 0.267 e. The van der Waals surface area contributed by atoms with Crippen molar-refractivity contribution in [2.75, 3.05) is 25.0 Å². The van der Waals surface area contributed by atoms with Gasteiger partial charge in [-0.2, -0.15) is 0 Å². The van der Waals surface area contributed by atoms with Gasteiger partial charge in [0, 0.05) is 24.0 Å². The van der Waals surface area contributed by atoms with Crippen LogP contribution in [0.3, 0.4) is 0 Å². The van der Waals surface area contributed by atoms with E-state index in [1.54, 1.807) is 4.90 Å². The largest absolute Gasteiger partial charge is 0.351 e. The fourth-order valence-corrected chi connectivity index (χ4v) is 7.07. The minimum Gasteiger partial charge on any atom is -0.351 e. The molecule has 7 heteroatoms. The number of hydrogen-bond acceptors (Lipinski definition) is 3. The van der Waals surface area contributed by atoms with Gasteiger partial charge in [0.25, 0.3) is 11.8 Å². The molecule has 1 fully saturated rings. The van der Waals surface area contributed by atoms with Gasteiger partial charge in [-0.3, -0.25) is 9.59 Å². The molecule has 7 rings (SSSR count). The van der Waals surface area contributed by atoms with Crippen LogP contribution in [0.5, 0.6) is 0 Å². The third-order valence-electron chi connectivity index (χ3n) is 9.21. The van der Waals surface area contributed by atoms with Crippen molar-refractivity contribution in [2.24, 2.45) is 0 Å². The smallest absolute Gasteiger partial charge is 0.267 e. The van der Waals surface area contributed by atoms with Crippen LogP contribution in [0, 0.1) is 0 Å². The number of carbonyl (C=O) groups excluding carboxylic acids is 2. The van der Waals surface area contributed by atoms with Gasteiger partial charge in [0.1, 0.15) is 5.69 Å². The van der Waals surface area contributed by atoms with Gasteiger partial charge in [-0.15, -0.1) is 0 Å². The highest BCUT2D eigenvalue weighted by Gasteiger charge is 2.29. The molecule has 6 nitrogen and oxygen atoms in total. The molecule has 2 aliphatic rings. The third-order valence-corrected chi connectivity index (χ3v) is 9.53. The number of rotatable bonds is 6. The van der Waals surface area contributed by atoms with Crippen LogP contribution < -0.4 is 10.2 Å². The zero-order valence-corrected chi connectivity index (χ0v) is 25.6. The van der Waals surface area contributed by atoms with Crippen LogP contribution in [-0.2, 0) is 13.1 Å². The summed E-state index contributed by atoms with van der Waals surface area (Å²) >= 11 is 6.85. The molecule has 1 atom stereocenters. The van der Waals surface area contributed by atoms with E-state index < -0.39 is 0 Å². The van der Waals surface area contributed by atoms with Gasteiger partial charge in [-0.25, -0.2) is 0 Å². The second-order valence-electron chi connectivity index (χ2n) is 11.9. The molecular weight excluding hydrogens is 568 g/mol. The fraction of sp³-hybridized carbons (Fsp3) is 0.243. The van der Waals surface area contributed by atoms with E-state index in [1.807, 2.05) is 77.4 Å². The molecule has 2 aliphatic heterocycles. The first kappa shape index (κ1) is 28.4. The van der Waals surface area contributed by atoms with Crippen LogP contribution >= 0.6 is 11.6 Å². The van der Waals surface area contributed by atoms with Crippen LogP contribution in [0.1, 0.15) is 51.4 Å². The SMILES string of the molecule is CN1CCCC1CCNC(=O)c1ccc2n1Cc1ccccc1N(C(=O)c1ccc(-c3cccc4ccccc34)cc1Cl)C2. The lowest BCUT2D eigenvalue weighted by Crippen LogP contribution is -2.33. The Morgan fingerprint density at radius 3 is 2.57 bits per heavy atom. The predicted molar refractivity (Wildman–Crippen MR) is 177 cm³/mol. The first-order valence-corrected chi connectivity index (χ1v) is 15.7. The Morgan fingerprint density at radius 2 is 1.73 bits per heavy atom. The van der Waals surface area contributed by atoms with E-state index in [0.29, 0.717) is 42.0 Å². The second-order valence-corrected chi connectivity index (χ2v) is 12.3. The Balaban J connectivity index is 1.16. The van der Waals surface area contributed by atoms with E-state index in [9.17, 15) is 9.59 Å². The zero-order valence-electron chi connectivity index (χ0n) is 24.8. The number of nitrogens with zero attached hydrogens (tertiary/aromatic N) is 3. The molecule has 1 saturated heterocycles. The maximum atomic E-state index is 14.2. The van der Waals surface area contributed by atoms with Crippen molar-refractivity contribution in [1.82, 2.24) is 14.8 Å². The molecule has 0 bridgehead atoms. The summed E-state index contributed by atoms with van der Waals surface area (Å²) in [5.41, 5.74) is 5.79. The predicted octanol–water partition coefficient (Wildman–Crippen LogP) is 7.38. The molecular formula is C37H35ClN4O2. The number of para-hydroxylation sites is 1. The molecule has 0 spiro atoms. The third kappa shape index (κ3) is 5.29. The van der Waals surface area contributed by atoms with Gasteiger partial charge in [-0.05, 0) is 90.6 Å². The molecule has 0 saturated carbocycles. The van der Waals surface area contributed by atoms with Gasteiger partial charge in [0.2, 0.25) is 0 Å². The van der Waals surface area contributed by atoms with E-state index in [-0.39, 0.29) is 11.8 Å². The van der Waals surface area contributed by atoms with Crippen LogP contribution in [0.25, 0.3) is 21.9 Å². The molecule has 44 heavy (non-hydrogen) atoms. The summed E-state index contributed by atoms with van der Waals surface area (Å²) in [4.78, 5) is 31.7. The number of halogens is 1. The highest BCUT2D eigenvalue weighted by atomic mass is 35.5. The molecule has 222 valence electrons. The molecule has 2 amide bonds. The zero-order chi connectivity index (χ0) is 30.2.